The standard InChI is InChI=1S/C6H13O4P/c1-4-5-9-11(7,8)10-6(2)3/h4-6H,1-3H3,(H,7,8). The van der Waals surface area contributed by atoms with Crippen LogP contribution in [0.2, 0.25) is 0 Å². The minimum absolute atomic E-state index is 0.323. The molecule has 5 heteroatoms. The molecule has 11 heavy (non-hydrogen) atoms. The van der Waals surface area contributed by atoms with Crippen LogP contribution in [0.25, 0.3) is 0 Å². The van der Waals surface area contributed by atoms with Crippen LogP contribution in [0, 0.1) is 0 Å². The van der Waals surface area contributed by atoms with Crippen molar-refractivity contribution in [1.29, 1.82) is 0 Å². The molecule has 0 saturated carbocycles. The first-order valence-corrected chi connectivity index (χ1v) is 4.78. The van der Waals surface area contributed by atoms with Gasteiger partial charge in [-0.05, 0) is 20.8 Å². The van der Waals surface area contributed by atoms with Gasteiger partial charge in [0.15, 0.2) is 0 Å². The van der Waals surface area contributed by atoms with Gasteiger partial charge < -0.3 is 4.52 Å². The molecule has 1 unspecified atom stereocenters. The first kappa shape index (κ1) is 10.7. The third-order valence-corrected chi connectivity index (χ3v) is 1.75. The highest BCUT2D eigenvalue weighted by Crippen LogP contribution is 2.44. The molecule has 0 fully saturated rings. The minimum Gasteiger partial charge on any atom is -0.412 e. The summed E-state index contributed by atoms with van der Waals surface area (Å²) in [6, 6.07) is 0. The number of hydrogen-bond donors (Lipinski definition) is 1. The van der Waals surface area contributed by atoms with Gasteiger partial charge in [-0.2, -0.15) is 0 Å². The lowest BCUT2D eigenvalue weighted by Gasteiger charge is -2.11. The van der Waals surface area contributed by atoms with Crippen molar-refractivity contribution < 1.29 is 18.5 Å². The van der Waals surface area contributed by atoms with Crippen molar-refractivity contribution in [2.75, 3.05) is 0 Å². The first-order chi connectivity index (χ1) is 4.98. The monoisotopic (exact) mass is 180 g/mol. The van der Waals surface area contributed by atoms with E-state index < -0.39 is 7.82 Å². The van der Waals surface area contributed by atoms with Gasteiger partial charge in [0, 0.05) is 0 Å². The van der Waals surface area contributed by atoms with Crippen molar-refractivity contribution in [2.45, 2.75) is 26.9 Å². The molecule has 0 aliphatic carbocycles. The summed E-state index contributed by atoms with van der Waals surface area (Å²) >= 11 is 0. The third kappa shape index (κ3) is 6.10. The molecule has 0 aliphatic rings. The molecule has 0 amide bonds. The van der Waals surface area contributed by atoms with E-state index in [0.717, 1.165) is 6.26 Å². The Hall–Kier alpha value is -0.310. The normalized spacial score (nSPS) is 17.2. The van der Waals surface area contributed by atoms with Gasteiger partial charge in [0.1, 0.15) is 0 Å². The number of rotatable bonds is 4. The molecule has 0 heterocycles. The highest BCUT2D eigenvalue weighted by atomic mass is 31.2. The molecule has 0 bridgehead atoms. The SMILES string of the molecule is CC=COP(=O)(O)OC(C)C. The minimum atomic E-state index is -3.85. The molecule has 0 aliphatic heterocycles. The van der Waals surface area contributed by atoms with Crippen molar-refractivity contribution in [1.82, 2.24) is 0 Å². The summed E-state index contributed by atoms with van der Waals surface area (Å²) in [6.45, 7) is 4.99. The quantitative estimate of drug-likeness (QED) is 0.531. The molecular weight excluding hydrogens is 167 g/mol. The maximum absolute atomic E-state index is 10.8. The van der Waals surface area contributed by atoms with Crippen LogP contribution in [0.4, 0.5) is 0 Å². The second-order valence-electron chi connectivity index (χ2n) is 2.20. The Labute approximate surface area is 66.4 Å². The Kier molecular flexibility index (Phi) is 4.42. The smallest absolute Gasteiger partial charge is 0.412 e. The molecule has 0 rings (SSSR count). The number of allylic oxidation sites excluding steroid dienone is 1. The molecule has 0 saturated heterocycles. The summed E-state index contributed by atoms with van der Waals surface area (Å²) in [5.41, 5.74) is 0. The highest BCUT2D eigenvalue weighted by Gasteiger charge is 2.21. The van der Waals surface area contributed by atoms with Crippen LogP contribution in [0.15, 0.2) is 12.3 Å². The predicted octanol–water partition coefficient (Wildman–Crippen LogP) is 2.06. The molecule has 4 nitrogen and oxygen atoms in total. The van der Waals surface area contributed by atoms with Gasteiger partial charge in [0.2, 0.25) is 0 Å². The molecule has 0 aromatic rings. The van der Waals surface area contributed by atoms with E-state index in [4.69, 9.17) is 4.89 Å². The predicted molar refractivity (Wildman–Crippen MR) is 41.9 cm³/mol. The van der Waals surface area contributed by atoms with Crippen LogP contribution in [-0.2, 0) is 13.6 Å². The van der Waals surface area contributed by atoms with Crippen molar-refractivity contribution in [2.24, 2.45) is 0 Å². The Balaban J connectivity index is 3.90. The lowest BCUT2D eigenvalue weighted by molar-refractivity contribution is 0.149. The average Bonchev–Trinajstić information content (AvgIpc) is 1.81. The van der Waals surface area contributed by atoms with Crippen LogP contribution >= 0.6 is 7.82 Å². The molecule has 66 valence electrons. The topological polar surface area (TPSA) is 55.8 Å². The Morgan fingerprint density at radius 3 is 2.45 bits per heavy atom. The fourth-order valence-corrected chi connectivity index (χ4v) is 1.29. The van der Waals surface area contributed by atoms with Gasteiger partial charge in [0.25, 0.3) is 0 Å². The maximum atomic E-state index is 10.8. The fourth-order valence-electron chi connectivity index (χ4n) is 0.429. The van der Waals surface area contributed by atoms with Crippen LogP contribution in [0.5, 0.6) is 0 Å². The van der Waals surface area contributed by atoms with E-state index in [2.05, 4.69) is 9.05 Å². The van der Waals surface area contributed by atoms with E-state index >= 15 is 0 Å². The van der Waals surface area contributed by atoms with Gasteiger partial charge in [-0.1, -0.05) is 6.08 Å². The number of phosphoric acid groups is 1. The number of phosphoric ester groups is 1. The summed E-state index contributed by atoms with van der Waals surface area (Å²) < 4.78 is 19.8. The molecule has 0 radical (unpaired) electrons. The molecule has 0 spiro atoms. The van der Waals surface area contributed by atoms with E-state index in [1.807, 2.05) is 0 Å². The van der Waals surface area contributed by atoms with Crippen LogP contribution in [0.3, 0.4) is 0 Å². The summed E-state index contributed by atoms with van der Waals surface area (Å²) in [6.07, 6.45) is 2.31. The van der Waals surface area contributed by atoms with Crippen molar-refractivity contribution in [3.8, 4) is 0 Å². The Bertz CT molecular complexity index is 175. The lowest BCUT2D eigenvalue weighted by Crippen LogP contribution is -2.00. The zero-order valence-electron chi connectivity index (χ0n) is 6.85. The summed E-state index contributed by atoms with van der Waals surface area (Å²) in [4.78, 5) is 8.88. The van der Waals surface area contributed by atoms with E-state index in [9.17, 15) is 4.57 Å². The highest BCUT2D eigenvalue weighted by molar-refractivity contribution is 7.47. The third-order valence-electron chi connectivity index (χ3n) is 0.674. The van der Waals surface area contributed by atoms with E-state index in [1.165, 1.54) is 6.08 Å². The number of hydrogen-bond acceptors (Lipinski definition) is 3. The maximum Gasteiger partial charge on any atom is 0.527 e. The van der Waals surface area contributed by atoms with Crippen LogP contribution in [-0.4, -0.2) is 11.0 Å². The molecule has 1 atom stereocenters. The largest absolute Gasteiger partial charge is 0.527 e. The molecule has 0 aromatic heterocycles. The fraction of sp³-hybridized carbons (Fsp3) is 0.667. The Morgan fingerprint density at radius 1 is 1.55 bits per heavy atom. The van der Waals surface area contributed by atoms with E-state index in [1.54, 1.807) is 20.8 Å². The average molecular weight is 180 g/mol. The second kappa shape index (κ2) is 4.54. The lowest BCUT2D eigenvalue weighted by atomic mass is 10.5. The van der Waals surface area contributed by atoms with E-state index in [0.29, 0.717) is 0 Å². The van der Waals surface area contributed by atoms with Crippen LogP contribution in [0.1, 0.15) is 20.8 Å². The summed E-state index contributed by atoms with van der Waals surface area (Å²) in [5.74, 6) is 0. The van der Waals surface area contributed by atoms with E-state index in [-0.39, 0.29) is 6.10 Å². The van der Waals surface area contributed by atoms with Gasteiger partial charge in [-0.3, -0.25) is 9.42 Å². The van der Waals surface area contributed by atoms with Crippen molar-refractivity contribution in [3.05, 3.63) is 12.3 Å². The van der Waals surface area contributed by atoms with Crippen LogP contribution < -0.4 is 0 Å². The second-order valence-corrected chi connectivity index (χ2v) is 3.56. The molecule has 0 aromatic carbocycles. The first-order valence-electron chi connectivity index (χ1n) is 3.28. The van der Waals surface area contributed by atoms with Gasteiger partial charge in [-0.25, -0.2) is 4.57 Å². The summed E-state index contributed by atoms with van der Waals surface area (Å²) in [5, 5.41) is 0. The van der Waals surface area contributed by atoms with Gasteiger partial charge in [-0.15, -0.1) is 0 Å². The van der Waals surface area contributed by atoms with Gasteiger partial charge >= 0.3 is 7.82 Å². The van der Waals surface area contributed by atoms with Gasteiger partial charge in [0.05, 0.1) is 12.4 Å². The molecular formula is C6H13O4P. The van der Waals surface area contributed by atoms with Crippen molar-refractivity contribution >= 4 is 7.82 Å². The van der Waals surface area contributed by atoms with Crippen molar-refractivity contribution in [3.63, 3.8) is 0 Å². The zero-order valence-corrected chi connectivity index (χ0v) is 7.75. The Morgan fingerprint density at radius 2 is 2.09 bits per heavy atom. The zero-order chi connectivity index (χ0) is 8.91. The molecule has 1 N–H and O–H groups in total. The summed E-state index contributed by atoms with van der Waals surface area (Å²) in [7, 11) is -3.85.